The highest BCUT2D eigenvalue weighted by atomic mass is 32.2. The summed E-state index contributed by atoms with van der Waals surface area (Å²) in [5, 5.41) is 0. The zero-order valence-corrected chi connectivity index (χ0v) is 14.7. The molecule has 2 aromatic carbocycles. The van der Waals surface area contributed by atoms with Crippen LogP contribution in [-0.4, -0.2) is 15.5 Å². The Morgan fingerprint density at radius 1 is 1.09 bits per heavy atom. The lowest BCUT2D eigenvalue weighted by atomic mass is 10.0. The number of rotatable bonds is 6. The van der Waals surface area contributed by atoms with Gasteiger partial charge in [-0.3, -0.25) is 0 Å². The van der Waals surface area contributed by atoms with Gasteiger partial charge in [0, 0.05) is 0 Å². The number of benzene rings is 2. The van der Waals surface area contributed by atoms with Gasteiger partial charge in [0.15, 0.2) is 0 Å². The summed E-state index contributed by atoms with van der Waals surface area (Å²) in [5.41, 5.74) is 2.47. The Labute approximate surface area is 138 Å². The van der Waals surface area contributed by atoms with E-state index in [-0.39, 0.29) is 5.75 Å². The topological polar surface area (TPSA) is 52.6 Å². The van der Waals surface area contributed by atoms with Crippen LogP contribution in [0.15, 0.2) is 42.5 Å². The first kappa shape index (κ1) is 17.3. The normalized spacial score (nSPS) is 11.5. The lowest BCUT2D eigenvalue weighted by molar-refractivity contribution is 0.414. The molecular formula is C18H22O4S. The molecule has 0 aliphatic rings. The molecule has 124 valence electrons. The molecule has 4 nitrogen and oxygen atoms in total. The second-order valence-electron chi connectivity index (χ2n) is 5.82. The SMILES string of the molecule is COc1cccc(CS(=O)(=O)Oc2cc(C(C)C)ccc2C)c1. The molecule has 23 heavy (non-hydrogen) atoms. The third-order valence-electron chi connectivity index (χ3n) is 3.57. The van der Waals surface area contributed by atoms with Crippen molar-refractivity contribution in [3.63, 3.8) is 0 Å². The van der Waals surface area contributed by atoms with Gasteiger partial charge in [-0.05, 0) is 47.7 Å². The van der Waals surface area contributed by atoms with Gasteiger partial charge in [0.1, 0.15) is 17.3 Å². The average molecular weight is 334 g/mol. The van der Waals surface area contributed by atoms with Crippen molar-refractivity contribution in [2.75, 3.05) is 7.11 Å². The first-order valence-corrected chi connectivity index (χ1v) is 9.04. The number of methoxy groups -OCH3 is 1. The van der Waals surface area contributed by atoms with Gasteiger partial charge in [-0.15, -0.1) is 0 Å². The summed E-state index contributed by atoms with van der Waals surface area (Å²) in [5.74, 6) is 1.11. The van der Waals surface area contributed by atoms with Gasteiger partial charge in [-0.25, -0.2) is 0 Å². The molecule has 2 aromatic rings. The molecule has 0 aliphatic heterocycles. The molecule has 0 radical (unpaired) electrons. The fourth-order valence-corrected chi connectivity index (χ4v) is 3.30. The quantitative estimate of drug-likeness (QED) is 0.748. The summed E-state index contributed by atoms with van der Waals surface area (Å²) in [4.78, 5) is 0. The Balaban J connectivity index is 2.22. The summed E-state index contributed by atoms with van der Waals surface area (Å²) >= 11 is 0. The van der Waals surface area contributed by atoms with Crippen molar-refractivity contribution in [3.05, 3.63) is 59.2 Å². The van der Waals surface area contributed by atoms with Crippen LogP contribution in [-0.2, 0) is 15.9 Å². The number of aryl methyl sites for hydroxylation is 1. The molecule has 0 bridgehead atoms. The van der Waals surface area contributed by atoms with E-state index in [1.165, 1.54) is 0 Å². The summed E-state index contributed by atoms with van der Waals surface area (Å²) in [6.45, 7) is 5.94. The Kier molecular flexibility index (Phi) is 5.31. The van der Waals surface area contributed by atoms with Crippen LogP contribution in [0.3, 0.4) is 0 Å². The third kappa shape index (κ3) is 4.73. The maximum atomic E-state index is 12.3. The standard InChI is InChI=1S/C18H22O4S/c1-13(2)16-9-8-14(3)18(11-16)22-23(19,20)12-15-6-5-7-17(10-15)21-4/h5-11,13H,12H2,1-4H3. The first-order valence-electron chi connectivity index (χ1n) is 7.46. The van der Waals surface area contributed by atoms with Crippen molar-refractivity contribution in [1.82, 2.24) is 0 Å². The van der Waals surface area contributed by atoms with Crippen LogP contribution in [0.25, 0.3) is 0 Å². The highest BCUT2D eigenvalue weighted by molar-refractivity contribution is 7.86. The van der Waals surface area contributed by atoms with Crippen molar-refractivity contribution in [2.45, 2.75) is 32.4 Å². The smallest absolute Gasteiger partial charge is 0.313 e. The van der Waals surface area contributed by atoms with E-state index in [1.54, 1.807) is 37.4 Å². The van der Waals surface area contributed by atoms with Crippen molar-refractivity contribution in [3.8, 4) is 11.5 Å². The van der Waals surface area contributed by atoms with E-state index < -0.39 is 10.1 Å². The predicted octanol–water partition coefficient (Wildman–Crippen LogP) is 4.04. The van der Waals surface area contributed by atoms with E-state index in [0.29, 0.717) is 23.0 Å². The molecule has 0 atom stereocenters. The van der Waals surface area contributed by atoms with E-state index in [4.69, 9.17) is 8.92 Å². The second kappa shape index (κ2) is 7.04. The minimum absolute atomic E-state index is 0.199. The maximum absolute atomic E-state index is 12.3. The van der Waals surface area contributed by atoms with E-state index in [2.05, 4.69) is 13.8 Å². The van der Waals surface area contributed by atoms with Crippen LogP contribution in [0.5, 0.6) is 11.5 Å². The molecule has 0 unspecified atom stereocenters. The molecule has 0 N–H and O–H groups in total. The van der Waals surface area contributed by atoms with Crippen LogP contribution < -0.4 is 8.92 Å². The lowest BCUT2D eigenvalue weighted by Crippen LogP contribution is -2.13. The fraction of sp³-hybridized carbons (Fsp3) is 0.333. The van der Waals surface area contributed by atoms with E-state index >= 15 is 0 Å². The van der Waals surface area contributed by atoms with E-state index in [0.717, 1.165) is 11.1 Å². The third-order valence-corrected chi connectivity index (χ3v) is 4.69. The van der Waals surface area contributed by atoms with Crippen molar-refractivity contribution >= 4 is 10.1 Å². The number of hydrogen-bond acceptors (Lipinski definition) is 4. The van der Waals surface area contributed by atoms with Crippen molar-refractivity contribution in [2.24, 2.45) is 0 Å². The zero-order chi connectivity index (χ0) is 17.0. The summed E-state index contributed by atoms with van der Waals surface area (Å²) in [6.07, 6.45) is 0. The summed E-state index contributed by atoms with van der Waals surface area (Å²) in [7, 11) is -2.19. The van der Waals surface area contributed by atoms with Gasteiger partial charge in [0.2, 0.25) is 0 Å². The van der Waals surface area contributed by atoms with Crippen molar-refractivity contribution < 1.29 is 17.3 Å². The fourth-order valence-electron chi connectivity index (χ4n) is 2.20. The minimum Gasteiger partial charge on any atom is -0.497 e. The summed E-state index contributed by atoms with van der Waals surface area (Å²) in [6, 6.07) is 12.6. The highest BCUT2D eigenvalue weighted by Gasteiger charge is 2.17. The van der Waals surface area contributed by atoms with Crippen LogP contribution in [0.4, 0.5) is 0 Å². The van der Waals surface area contributed by atoms with Crippen LogP contribution in [0, 0.1) is 6.92 Å². The molecule has 0 saturated heterocycles. The van der Waals surface area contributed by atoms with Gasteiger partial charge in [0.25, 0.3) is 0 Å². The molecule has 2 rings (SSSR count). The average Bonchev–Trinajstić information content (AvgIpc) is 2.48. The largest absolute Gasteiger partial charge is 0.497 e. The Hall–Kier alpha value is -2.01. The maximum Gasteiger partial charge on any atom is 0.313 e. The molecule has 0 aliphatic carbocycles. The molecule has 0 fully saturated rings. The Morgan fingerprint density at radius 2 is 1.83 bits per heavy atom. The van der Waals surface area contributed by atoms with Gasteiger partial charge in [0.05, 0.1) is 7.11 Å². The van der Waals surface area contributed by atoms with Crippen LogP contribution in [0.1, 0.15) is 36.5 Å². The van der Waals surface area contributed by atoms with Gasteiger partial charge >= 0.3 is 10.1 Å². The molecule has 0 amide bonds. The van der Waals surface area contributed by atoms with Crippen LogP contribution in [0.2, 0.25) is 0 Å². The number of hydrogen-bond donors (Lipinski definition) is 0. The molecule has 5 heteroatoms. The minimum atomic E-state index is -3.73. The van der Waals surface area contributed by atoms with Gasteiger partial charge in [-0.1, -0.05) is 38.1 Å². The lowest BCUT2D eigenvalue weighted by Gasteiger charge is -2.13. The second-order valence-corrected chi connectivity index (χ2v) is 7.39. The monoisotopic (exact) mass is 334 g/mol. The number of ether oxygens (including phenoxy) is 1. The molecule has 0 aromatic heterocycles. The highest BCUT2D eigenvalue weighted by Crippen LogP contribution is 2.26. The first-order chi connectivity index (χ1) is 10.8. The van der Waals surface area contributed by atoms with Gasteiger partial charge < -0.3 is 8.92 Å². The zero-order valence-electron chi connectivity index (χ0n) is 13.9. The predicted molar refractivity (Wildman–Crippen MR) is 91.5 cm³/mol. The van der Waals surface area contributed by atoms with Gasteiger partial charge in [-0.2, -0.15) is 8.42 Å². The Morgan fingerprint density at radius 3 is 2.48 bits per heavy atom. The summed E-state index contributed by atoms with van der Waals surface area (Å²) < 4.78 is 35.1. The molecule has 0 saturated carbocycles. The molecule has 0 heterocycles. The molecule has 0 spiro atoms. The molecular weight excluding hydrogens is 312 g/mol. The van der Waals surface area contributed by atoms with E-state index in [9.17, 15) is 8.42 Å². The Bertz CT molecular complexity index is 779. The van der Waals surface area contributed by atoms with Crippen molar-refractivity contribution in [1.29, 1.82) is 0 Å². The van der Waals surface area contributed by atoms with E-state index in [1.807, 2.05) is 19.1 Å². The van der Waals surface area contributed by atoms with Crippen LogP contribution >= 0.6 is 0 Å².